The van der Waals surface area contributed by atoms with Gasteiger partial charge in [-0.25, -0.2) is 0 Å². The van der Waals surface area contributed by atoms with Crippen LogP contribution in [0, 0.1) is 0 Å². The van der Waals surface area contributed by atoms with Crippen molar-refractivity contribution >= 4 is 102 Å². The quantitative estimate of drug-likeness (QED) is 0.157. The highest BCUT2D eigenvalue weighted by atomic mass is 15.2. The van der Waals surface area contributed by atoms with Gasteiger partial charge >= 0.3 is 0 Å². The number of para-hydroxylation sites is 4. The number of nitrogens with zero attached hydrogens (tertiary/aromatic N) is 2. The van der Waals surface area contributed by atoms with E-state index in [-0.39, 0.29) is 13.4 Å². The smallest absolute Gasteiger partial charge is 0.248 e. The summed E-state index contributed by atoms with van der Waals surface area (Å²) in [6, 6.07) is 59.1. The van der Waals surface area contributed by atoms with Gasteiger partial charge in [0.1, 0.15) is 0 Å². The zero-order chi connectivity index (χ0) is 31.1. The highest BCUT2D eigenvalue weighted by Crippen LogP contribution is 2.49. The monoisotopic (exact) mass is 604 g/mol. The van der Waals surface area contributed by atoms with E-state index >= 15 is 0 Å². The first kappa shape index (κ1) is 25.1. The molecule has 0 fully saturated rings. The average Bonchev–Trinajstić information content (AvgIpc) is 3.15. The summed E-state index contributed by atoms with van der Waals surface area (Å²) in [4.78, 5) is 5.06. The fourth-order valence-electron chi connectivity index (χ4n) is 9.73. The van der Waals surface area contributed by atoms with E-state index in [0.29, 0.717) is 0 Å². The normalized spacial score (nSPS) is 14.1. The summed E-state index contributed by atoms with van der Waals surface area (Å²) in [5.41, 5.74) is 18.8. The lowest BCUT2D eigenvalue weighted by Crippen LogP contribution is -2.66. The Hall–Kier alpha value is -5.99. The molecular weight excluding hydrogens is 578 g/mol. The number of anilines is 6. The van der Waals surface area contributed by atoms with Crippen LogP contribution in [0.3, 0.4) is 0 Å². The standard InChI is InChI=1S/C44H26B2N2/c1-3-15-29(16-4-1)47-35-23-9-7-19-31(35)45-33-21-11-13-27-25-28-14-12-22-34-40(28)41(39(27)33)42-43(45)37(47)26-38-44(42)46(34)32-20-8-10-24-36(32)48(38)30-17-5-2-6-18-30/h1-26H. The van der Waals surface area contributed by atoms with E-state index in [1.165, 1.54) is 99.6 Å². The van der Waals surface area contributed by atoms with Crippen molar-refractivity contribution in [3.05, 3.63) is 158 Å². The summed E-state index contributed by atoms with van der Waals surface area (Å²) in [6.45, 7) is 0.275. The molecule has 0 N–H and O–H groups in total. The molecule has 4 aliphatic heterocycles. The largest absolute Gasteiger partial charge is 0.311 e. The van der Waals surface area contributed by atoms with Crippen molar-refractivity contribution in [2.75, 3.05) is 9.80 Å². The molecule has 12 rings (SSSR count). The van der Waals surface area contributed by atoms with Crippen molar-refractivity contribution in [1.82, 2.24) is 0 Å². The first-order chi connectivity index (χ1) is 23.9. The van der Waals surface area contributed by atoms with Crippen LogP contribution in [0.4, 0.5) is 34.1 Å². The number of hydrogen-bond acceptors (Lipinski definition) is 2. The van der Waals surface area contributed by atoms with E-state index in [0.717, 1.165) is 0 Å². The fourth-order valence-corrected chi connectivity index (χ4v) is 9.73. The molecule has 2 nitrogen and oxygen atoms in total. The summed E-state index contributed by atoms with van der Waals surface area (Å²) < 4.78 is 0. The molecule has 0 saturated heterocycles. The highest BCUT2D eigenvalue weighted by Gasteiger charge is 2.49. The Morgan fingerprint density at radius 1 is 0.333 bits per heavy atom. The van der Waals surface area contributed by atoms with Gasteiger partial charge in [0.05, 0.1) is 0 Å². The van der Waals surface area contributed by atoms with E-state index in [9.17, 15) is 0 Å². The number of hydrogen-bond donors (Lipinski definition) is 0. The number of rotatable bonds is 2. The third-order valence-electron chi connectivity index (χ3n) is 11.4. The van der Waals surface area contributed by atoms with Gasteiger partial charge in [0.2, 0.25) is 13.4 Å². The topological polar surface area (TPSA) is 6.48 Å². The average molecular weight is 604 g/mol. The minimum absolute atomic E-state index is 0.137. The Balaban J connectivity index is 1.35. The molecule has 0 aliphatic carbocycles. The van der Waals surface area contributed by atoms with Crippen LogP contribution < -0.4 is 42.6 Å². The van der Waals surface area contributed by atoms with Crippen molar-refractivity contribution < 1.29 is 0 Å². The van der Waals surface area contributed by atoms with Gasteiger partial charge in [0, 0.05) is 34.1 Å². The van der Waals surface area contributed by atoms with Crippen LogP contribution >= 0.6 is 0 Å². The third-order valence-corrected chi connectivity index (χ3v) is 11.4. The predicted molar refractivity (Wildman–Crippen MR) is 206 cm³/mol. The molecule has 0 bridgehead atoms. The van der Waals surface area contributed by atoms with E-state index < -0.39 is 0 Å². The molecule has 0 spiro atoms. The van der Waals surface area contributed by atoms with E-state index in [2.05, 4.69) is 168 Å². The van der Waals surface area contributed by atoms with Crippen LogP contribution in [0.1, 0.15) is 0 Å². The highest BCUT2D eigenvalue weighted by molar-refractivity contribution is 7.05. The minimum atomic E-state index is 0.137. The van der Waals surface area contributed by atoms with Gasteiger partial charge < -0.3 is 9.80 Å². The Morgan fingerprint density at radius 3 is 1.27 bits per heavy atom. The minimum Gasteiger partial charge on any atom is -0.311 e. The second-order valence-corrected chi connectivity index (χ2v) is 13.6. The lowest BCUT2D eigenvalue weighted by atomic mass is 9.27. The summed E-state index contributed by atoms with van der Waals surface area (Å²) in [6.07, 6.45) is 0. The zero-order valence-corrected chi connectivity index (χ0v) is 26.1. The van der Waals surface area contributed by atoms with Gasteiger partial charge in [-0.05, 0) is 103 Å². The van der Waals surface area contributed by atoms with Crippen LogP contribution in [0.25, 0.3) is 32.7 Å². The summed E-state index contributed by atoms with van der Waals surface area (Å²) in [7, 11) is 0. The maximum Gasteiger partial charge on any atom is 0.248 e. The third kappa shape index (κ3) is 2.94. The molecule has 0 amide bonds. The second-order valence-electron chi connectivity index (χ2n) is 13.6. The van der Waals surface area contributed by atoms with E-state index in [1.54, 1.807) is 0 Å². The van der Waals surface area contributed by atoms with E-state index in [1.807, 2.05) is 0 Å². The Kier molecular flexibility index (Phi) is 4.65. The van der Waals surface area contributed by atoms with Crippen molar-refractivity contribution in [3.63, 3.8) is 0 Å². The van der Waals surface area contributed by atoms with Gasteiger partial charge in [-0.2, -0.15) is 0 Å². The van der Waals surface area contributed by atoms with Crippen LogP contribution in [-0.2, 0) is 0 Å². The molecule has 0 radical (unpaired) electrons. The first-order valence-electron chi connectivity index (χ1n) is 16.9. The van der Waals surface area contributed by atoms with Crippen LogP contribution in [0.2, 0.25) is 0 Å². The predicted octanol–water partition coefficient (Wildman–Crippen LogP) is 6.89. The zero-order valence-electron chi connectivity index (χ0n) is 26.1. The van der Waals surface area contributed by atoms with Crippen LogP contribution in [0.5, 0.6) is 0 Å². The molecule has 218 valence electrons. The molecule has 0 saturated carbocycles. The molecule has 8 aromatic rings. The SMILES string of the molecule is c1ccc(N2c3ccccc3B3c4c2cc2c5c4-c4c6c3cccc6cc3cccc(c43)B5c3ccccc3N2c2ccccc2)cc1. The number of benzene rings is 8. The molecule has 8 aromatic carbocycles. The molecule has 0 atom stereocenters. The van der Waals surface area contributed by atoms with Gasteiger partial charge in [0.25, 0.3) is 0 Å². The van der Waals surface area contributed by atoms with Crippen molar-refractivity contribution in [2.24, 2.45) is 0 Å². The van der Waals surface area contributed by atoms with Crippen LogP contribution in [-0.4, -0.2) is 13.4 Å². The summed E-state index contributed by atoms with van der Waals surface area (Å²) in [5, 5.41) is 5.49. The Labute approximate surface area is 279 Å². The van der Waals surface area contributed by atoms with Crippen molar-refractivity contribution in [2.45, 2.75) is 0 Å². The maximum absolute atomic E-state index is 2.53. The lowest BCUT2D eigenvalue weighted by molar-refractivity contribution is 1.26. The Bertz CT molecular complexity index is 2520. The molecule has 4 heteroatoms. The number of fused-ring (bicyclic) bond motifs is 6. The molecular formula is C44H26B2N2. The molecule has 48 heavy (non-hydrogen) atoms. The van der Waals surface area contributed by atoms with Gasteiger partial charge in [0.15, 0.2) is 0 Å². The molecule has 0 aromatic heterocycles. The first-order valence-corrected chi connectivity index (χ1v) is 16.9. The van der Waals surface area contributed by atoms with Gasteiger partial charge in [-0.1, -0.05) is 120 Å². The van der Waals surface area contributed by atoms with Crippen LogP contribution in [0.15, 0.2) is 158 Å². The summed E-state index contributed by atoms with van der Waals surface area (Å²) in [5.74, 6) is 0. The van der Waals surface area contributed by atoms with E-state index in [4.69, 9.17) is 0 Å². The molecule has 0 unspecified atom stereocenters. The lowest BCUT2D eigenvalue weighted by Gasteiger charge is -2.47. The molecule has 4 aliphatic rings. The Morgan fingerprint density at radius 2 is 0.771 bits per heavy atom. The van der Waals surface area contributed by atoms with Gasteiger partial charge in [-0.15, -0.1) is 0 Å². The summed E-state index contributed by atoms with van der Waals surface area (Å²) >= 11 is 0. The van der Waals surface area contributed by atoms with Crippen molar-refractivity contribution in [3.8, 4) is 11.1 Å². The maximum atomic E-state index is 2.53. The van der Waals surface area contributed by atoms with Crippen molar-refractivity contribution in [1.29, 1.82) is 0 Å². The van der Waals surface area contributed by atoms with Gasteiger partial charge in [-0.3, -0.25) is 0 Å². The fraction of sp³-hybridized carbons (Fsp3) is 0. The molecule has 4 heterocycles. The second kappa shape index (κ2) is 8.87.